The zero-order valence-electron chi connectivity index (χ0n) is 23.2. The third-order valence-corrected chi connectivity index (χ3v) is 6.46. The number of nitriles is 1. The Kier molecular flexibility index (Phi) is 16.6. The Morgan fingerprint density at radius 1 is 1.29 bits per heavy atom. The molecule has 4 N–H and O–H groups in total. The van der Waals surface area contributed by atoms with E-state index < -0.39 is 0 Å². The van der Waals surface area contributed by atoms with Crippen molar-refractivity contribution in [2.75, 3.05) is 64.6 Å². The molecule has 0 saturated carbocycles. The molecular weight excluding hydrogens is 500 g/mol. The topological polar surface area (TPSA) is 140 Å². The second-order valence-electron chi connectivity index (χ2n) is 9.02. The van der Waals surface area contributed by atoms with Gasteiger partial charge in [-0.15, -0.1) is 0 Å². The maximum absolute atomic E-state index is 11.9. The summed E-state index contributed by atoms with van der Waals surface area (Å²) < 4.78 is 0. The lowest BCUT2D eigenvalue weighted by Crippen LogP contribution is -2.31. The number of carbonyl (C=O) groups excluding carboxylic acids is 2. The van der Waals surface area contributed by atoms with Crippen molar-refractivity contribution in [2.45, 2.75) is 32.4 Å². The van der Waals surface area contributed by atoms with Crippen LogP contribution in [0.3, 0.4) is 0 Å². The number of hydrogen-bond donors (Lipinski definition) is 3. The average molecular weight is 543 g/mol. The smallest absolute Gasteiger partial charge is 0.168 e. The van der Waals surface area contributed by atoms with E-state index in [0.717, 1.165) is 49.0 Å². The van der Waals surface area contributed by atoms with Crippen molar-refractivity contribution < 1.29 is 9.59 Å². The fourth-order valence-electron chi connectivity index (χ4n) is 3.65. The number of thioether (sulfide) groups is 1. The van der Waals surface area contributed by atoms with Gasteiger partial charge in [-0.1, -0.05) is 0 Å². The number of carbonyl (C=O) groups is 2. The van der Waals surface area contributed by atoms with E-state index in [-0.39, 0.29) is 6.04 Å². The molecule has 208 valence electrons. The van der Waals surface area contributed by atoms with E-state index in [1.807, 2.05) is 31.3 Å². The fourth-order valence-corrected chi connectivity index (χ4v) is 4.23. The van der Waals surface area contributed by atoms with Crippen molar-refractivity contribution in [1.82, 2.24) is 20.1 Å². The van der Waals surface area contributed by atoms with Crippen LogP contribution in [0.5, 0.6) is 0 Å². The quantitative estimate of drug-likeness (QED) is 0.103. The lowest BCUT2D eigenvalue weighted by molar-refractivity contribution is -0.108. The molecule has 10 nitrogen and oxygen atoms in total. The Bertz CT molecular complexity index is 1020. The molecule has 11 heteroatoms. The summed E-state index contributed by atoms with van der Waals surface area (Å²) in [6.45, 7) is 4.99. The van der Waals surface area contributed by atoms with Crippen LogP contribution >= 0.6 is 11.8 Å². The zero-order valence-corrected chi connectivity index (χ0v) is 24.1. The van der Waals surface area contributed by atoms with Crippen LogP contribution in [-0.4, -0.2) is 98.9 Å². The predicted molar refractivity (Wildman–Crippen MR) is 158 cm³/mol. The maximum Gasteiger partial charge on any atom is 0.168 e. The molecule has 0 spiro atoms. The summed E-state index contributed by atoms with van der Waals surface area (Å²) in [5.41, 5.74) is 8.99. The van der Waals surface area contributed by atoms with E-state index in [9.17, 15) is 14.9 Å². The van der Waals surface area contributed by atoms with Crippen LogP contribution in [0.25, 0.3) is 0 Å². The van der Waals surface area contributed by atoms with Crippen LogP contribution in [0.1, 0.15) is 35.0 Å². The number of aryl methyl sites for hydroxylation is 1. The number of anilines is 1. The van der Waals surface area contributed by atoms with E-state index in [0.29, 0.717) is 48.8 Å². The van der Waals surface area contributed by atoms with Gasteiger partial charge in [-0.2, -0.15) is 17.0 Å². The molecule has 0 bridgehead atoms. The minimum atomic E-state index is 0.146. The molecule has 0 saturated heterocycles. The highest BCUT2D eigenvalue weighted by molar-refractivity contribution is 7.98. The Morgan fingerprint density at radius 2 is 2.03 bits per heavy atom. The van der Waals surface area contributed by atoms with Gasteiger partial charge in [-0.25, -0.2) is 4.98 Å². The van der Waals surface area contributed by atoms with E-state index in [4.69, 9.17) is 5.73 Å². The molecular formula is C27H42N8O2S. The number of nitrogens with zero attached hydrogens (tertiary/aromatic N) is 5. The third-order valence-electron chi connectivity index (χ3n) is 5.62. The second kappa shape index (κ2) is 19.1. The second-order valence-corrected chi connectivity index (χ2v) is 9.93. The number of aliphatic imine (C=N–C) groups is 1. The van der Waals surface area contributed by atoms with Crippen molar-refractivity contribution in [1.29, 1.82) is 5.26 Å². The number of nitrogens with two attached hydrogens (primary N) is 1. The van der Waals surface area contributed by atoms with Crippen molar-refractivity contribution >= 4 is 36.4 Å². The predicted octanol–water partition coefficient (Wildman–Crippen LogP) is 2.09. The first-order valence-corrected chi connectivity index (χ1v) is 14.0. The van der Waals surface area contributed by atoms with Gasteiger partial charge in [-0.3, -0.25) is 14.7 Å². The molecule has 0 aromatic carbocycles. The van der Waals surface area contributed by atoms with E-state index in [2.05, 4.69) is 38.5 Å². The summed E-state index contributed by atoms with van der Waals surface area (Å²) in [6, 6.07) is 4.34. The highest BCUT2D eigenvalue weighted by atomic mass is 32.2. The molecule has 1 unspecified atom stereocenters. The van der Waals surface area contributed by atoms with Crippen molar-refractivity contribution in [3.05, 3.63) is 46.4 Å². The molecule has 38 heavy (non-hydrogen) atoms. The molecule has 0 fully saturated rings. The molecule has 1 aromatic heterocycles. The first-order chi connectivity index (χ1) is 18.3. The molecule has 0 radical (unpaired) electrons. The molecule has 0 amide bonds. The zero-order chi connectivity index (χ0) is 28.3. The summed E-state index contributed by atoms with van der Waals surface area (Å²) in [4.78, 5) is 35.3. The fraction of sp³-hybridized carbons (Fsp3) is 0.519. The molecule has 1 rings (SSSR count). The summed E-state index contributed by atoms with van der Waals surface area (Å²) in [5.74, 6) is 1.46. The van der Waals surface area contributed by atoms with Crippen LogP contribution in [0.15, 0.2) is 34.6 Å². The summed E-state index contributed by atoms with van der Waals surface area (Å²) in [6.07, 6.45) is 10.2. The number of likely N-dealkylation sites (N-methyl/N-ethyl adjacent to an activating group) is 2. The highest BCUT2D eigenvalue weighted by Crippen LogP contribution is 2.20. The minimum absolute atomic E-state index is 0.146. The number of hydrogen-bond acceptors (Lipinski definition) is 11. The van der Waals surface area contributed by atoms with Crippen LogP contribution in [0, 0.1) is 11.3 Å². The van der Waals surface area contributed by atoms with E-state index >= 15 is 0 Å². The molecule has 0 aliphatic heterocycles. The number of rotatable bonds is 19. The first kappa shape index (κ1) is 33.0. The Hall–Kier alpha value is -3.04. The summed E-state index contributed by atoms with van der Waals surface area (Å²) >= 11 is 1.72. The molecule has 1 aromatic rings. The van der Waals surface area contributed by atoms with Gasteiger partial charge < -0.3 is 26.1 Å². The third kappa shape index (κ3) is 12.0. The normalized spacial score (nSPS) is 13.1. The van der Waals surface area contributed by atoms with Crippen LogP contribution < -0.4 is 16.4 Å². The molecule has 0 aliphatic rings. The average Bonchev–Trinajstić information content (AvgIpc) is 2.89. The van der Waals surface area contributed by atoms with Gasteiger partial charge in [0, 0.05) is 50.9 Å². The number of nitrogens with one attached hydrogen (secondary N) is 2. The SMILES string of the molecule is C\N=C/C(C#N)=C(\C=C\Nc1nc(C=O)c(CN(C)CCN(C)CC=O)cc1CCCN)NC(C)CSC. The van der Waals surface area contributed by atoms with E-state index in [1.54, 1.807) is 31.1 Å². The van der Waals surface area contributed by atoms with Gasteiger partial charge in [0.2, 0.25) is 0 Å². The van der Waals surface area contributed by atoms with Crippen molar-refractivity contribution in [3.8, 4) is 6.07 Å². The lowest BCUT2D eigenvalue weighted by Gasteiger charge is -2.22. The Labute approximate surface area is 231 Å². The molecule has 0 aliphatic carbocycles. The van der Waals surface area contributed by atoms with Crippen LogP contribution in [-0.2, 0) is 17.8 Å². The largest absolute Gasteiger partial charge is 0.381 e. The number of pyridine rings is 1. The number of aromatic nitrogens is 1. The molecule has 1 heterocycles. The first-order valence-electron chi connectivity index (χ1n) is 12.6. The Morgan fingerprint density at radius 3 is 2.63 bits per heavy atom. The van der Waals surface area contributed by atoms with Crippen molar-refractivity contribution in [3.63, 3.8) is 0 Å². The standard InChI is InChI=1S/C27H42N8O2S/c1-21(20-38-5)32-25(24(16-29)17-30-2)8-10-31-27-22(7-6-9-28)15-23(26(19-37)33-27)18-35(4)12-11-34(3)13-14-36/h8,10,14-15,17,19,21,32H,6-7,9,11-13,18,20,28H2,1-5H3,(H,31,33)/b10-8+,25-24+,30-17-. The summed E-state index contributed by atoms with van der Waals surface area (Å²) in [5, 5.41) is 16.2. The van der Waals surface area contributed by atoms with Gasteiger partial charge >= 0.3 is 0 Å². The monoisotopic (exact) mass is 542 g/mol. The van der Waals surface area contributed by atoms with Gasteiger partial charge in [-0.05, 0) is 69.9 Å². The van der Waals surface area contributed by atoms with Gasteiger partial charge in [0.25, 0.3) is 0 Å². The Balaban J connectivity index is 3.22. The van der Waals surface area contributed by atoms with Crippen LogP contribution in [0.4, 0.5) is 5.82 Å². The number of aldehydes is 2. The summed E-state index contributed by atoms with van der Waals surface area (Å²) in [7, 11) is 5.50. The van der Waals surface area contributed by atoms with Crippen molar-refractivity contribution in [2.24, 2.45) is 10.7 Å². The van der Waals surface area contributed by atoms with E-state index in [1.165, 1.54) is 6.21 Å². The van der Waals surface area contributed by atoms with Gasteiger partial charge in [0.15, 0.2) is 6.29 Å². The number of allylic oxidation sites excluding steroid dienone is 2. The van der Waals surface area contributed by atoms with Gasteiger partial charge in [0.1, 0.15) is 23.9 Å². The lowest BCUT2D eigenvalue weighted by atomic mass is 10.1. The minimum Gasteiger partial charge on any atom is -0.381 e. The van der Waals surface area contributed by atoms with Gasteiger partial charge in [0.05, 0.1) is 17.8 Å². The molecule has 1 atom stereocenters. The van der Waals surface area contributed by atoms with Crippen LogP contribution in [0.2, 0.25) is 0 Å². The highest BCUT2D eigenvalue weighted by Gasteiger charge is 2.14. The maximum atomic E-state index is 11.9.